The topological polar surface area (TPSA) is 66.9 Å². The van der Waals surface area contributed by atoms with E-state index in [0.717, 1.165) is 24.4 Å². The number of carbonyl (C=O) groups excluding carboxylic acids is 1. The minimum absolute atomic E-state index is 0.0679. The van der Waals surface area contributed by atoms with E-state index < -0.39 is 0 Å². The zero-order valence-corrected chi connectivity index (χ0v) is 10.2. The molecule has 1 amide bonds. The lowest BCUT2D eigenvalue weighted by Crippen LogP contribution is -2.42. The van der Waals surface area contributed by atoms with Gasteiger partial charge >= 0.3 is 0 Å². The van der Waals surface area contributed by atoms with Gasteiger partial charge in [-0.15, -0.1) is 0 Å². The van der Waals surface area contributed by atoms with Crippen LogP contribution in [0.15, 0.2) is 12.3 Å². The first kappa shape index (κ1) is 12.0. The van der Waals surface area contributed by atoms with Gasteiger partial charge in [-0.1, -0.05) is 0 Å². The second kappa shape index (κ2) is 5.23. The molecule has 5 heteroatoms. The SMILES string of the molecule is Cc1nccc(CNC(C)C(=O)NC2CC2)n1. The molecule has 0 saturated heterocycles. The molecule has 92 valence electrons. The molecule has 1 aliphatic carbocycles. The van der Waals surface area contributed by atoms with Gasteiger partial charge in [0.15, 0.2) is 0 Å². The van der Waals surface area contributed by atoms with E-state index >= 15 is 0 Å². The quantitative estimate of drug-likeness (QED) is 0.780. The third kappa shape index (κ3) is 3.78. The van der Waals surface area contributed by atoms with Gasteiger partial charge in [-0.3, -0.25) is 4.79 Å². The van der Waals surface area contributed by atoms with E-state index in [0.29, 0.717) is 12.6 Å². The van der Waals surface area contributed by atoms with Gasteiger partial charge in [0.1, 0.15) is 5.82 Å². The molecule has 2 N–H and O–H groups in total. The van der Waals surface area contributed by atoms with Crippen LogP contribution in [0.5, 0.6) is 0 Å². The lowest BCUT2D eigenvalue weighted by Gasteiger charge is -2.13. The Hall–Kier alpha value is -1.49. The highest BCUT2D eigenvalue weighted by Gasteiger charge is 2.25. The predicted octanol–water partition coefficient (Wildman–Crippen LogP) is 0.542. The van der Waals surface area contributed by atoms with Crippen LogP contribution in [0.2, 0.25) is 0 Å². The Kier molecular flexibility index (Phi) is 3.68. The van der Waals surface area contributed by atoms with Gasteiger partial charge in [0, 0.05) is 18.8 Å². The summed E-state index contributed by atoms with van der Waals surface area (Å²) in [6, 6.07) is 2.07. The van der Waals surface area contributed by atoms with Crippen molar-refractivity contribution in [1.82, 2.24) is 20.6 Å². The van der Waals surface area contributed by atoms with Gasteiger partial charge in [-0.25, -0.2) is 9.97 Å². The van der Waals surface area contributed by atoms with Crippen LogP contribution in [-0.4, -0.2) is 28.0 Å². The lowest BCUT2D eigenvalue weighted by molar-refractivity contribution is -0.122. The number of nitrogens with zero attached hydrogens (tertiary/aromatic N) is 2. The third-order valence-electron chi connectivity index (χ3n) is 2.74. The average molecular weight is 234 g/mol. The second-order valence-corrected chi connectivity index (χ2v) is 4.48. The minimum Gasteiger partial charge on any atom is -0.352 e. The molecule has 5 nitrogen and oxygen atoms in total. The van der Waals surface area contributed by atoms with Crippen molar-refractivity contribution in [3.63, 3.8) is 0 Å². The molecule has 0 bridgehead atoms. The smallest absolute Gasteiger partial charge is 0.237 e. The molecule has 0 aromatic carbocycles. The first-order chi connectivity index (χ1) is 8.15. The highest BCUT2D eigenvalue weighted by Crippen LogP contribution is 2.18. The fraction of sp³-hybridized carbons (Fsp3) is 0.583. The largest absolute Gasteiger partial charge is 0.352 e. The Morgan fingerprint density at radius 3 is 3.00 bits per heavy atom. The Morgan fingerprint density at radius 2 is 2.35 bits per heavy atom. The van der Waals surface area contributed by atoms with Gasteiger partial charge in [0.05, 0.1) is 11.7 Å². The monoisotopic (exact) mass is 234 g/mol. The minimum atomic E-state index is -0.189. The van der Waals surface area contributed by atoms with Crippen molar-refractivity contribution in [2.24, 2.45) is 0 Å². The van der Waals surface area contributed by atoms with E-state index in [1.165, 1.54) is 0 Å². The van der Waals surface area contributed by atoms with Gasteiger partial charge in [-0.05, 0) is 32.8 Å². The van der Waals surface area contributed by atoms with Crippen LogP contribution in [0.4, 0.5) is 0 Å². The summed E-state index contributed by atoms with van der Waals surface area (Å²) in [6.07, 6.45) is 3.96. The number of hydrogen-bond acceptors (Lipinski definition) is 4. The molecule has 1 aliphatic rings. The van der Waals surface area contributed by atoms with Crippen LogP contribution in [0.1, 0.15) is 31.3 Å². The summed E-state index contributed by atoms with van der Waals surface area (Å²) in [5.41, 5.74) is 0.906. The summed E-state index contributed by atoms with van der Waals surface area (Å²) in [4.78, 5) is 20.0. The molecule has 1 unspecified atom stereocenters. The first-order valence-corrected chi connectivity index (χ1v) is 5.97. The van der Waals surface area contributed by atoms with Crippen molar-refractivity contribution < 1.29 is 4.79 Å². The van der Waals surface area contributed by atoms with Gasteiger partial charge in [0.2, 0.25) is 5.91 Å². The Labute approximate surface area is 101 Å². The maximum Gasteiger partial charge on any atom is 0.237 e. The maximum atomic E-state index is 11.7. The molecule has 1 atom stereocenters. The molecule has 1 saturated carbocycles. The van der Waals surface area contributed by atoms with Crippen molar-refractivity contribution >= 4 is 5.91 Å². The van der Waals surface area contributed by atoms with Gasteiger partial charge in [-0.2, -0.15) is 0 Å². The molecule has 1 aromatic rings. The Bertz CT molecular complexity index is 403. The van der Waals surface area contributed by atoms with E-state index in [-0.39, 0.29) is 11.9 Å². The highest BCUT2D eigenvalue weighted by atomic mass is 16.2. The van der Waals surface area contributed by atoms with Crippen LogP contribution in [0.25, 0.3) is 0 Å². The van der Waals surface area contributed by atoms with E-state index in [1.54, 1.807) is 6.20 Å². The summed E-state index contributed by atoms with van der Waals surface area (Å²) < 4.78 is 0. The van der Waals surface area contributed by atoms with Crippen LogP contribution in [0.3, 0.4) is 0 Å². The summed E-state index contributed by atoms with van der Waals surface area (Å²) in [6.45, 7) is 4.31. The Balaban J connectivity index is 1.78. The maximum absolute atomic E-state index is 11.7. The lowest BCUT2D eigenvalue weighted by atomic mass is 10.3. The molecule has 1 heterocycles. The van der Waals surface area contributed by atoms with E-state index in [2.05, 4.69) is 20.6 Å². The highest BCUT2D eigenvalue weighted by molar-refractivity contribution is 5.81. The zero-order chi connectivity index (χ0) is 12.3. The van der Waals surface area contributed by atoms with E-state index in [1.807, 2.05) is 19.9 Å². The Morgan fingerprint density at radius 1 is 1.59 bits per heavy atom. The molecule has 0 aliphatic heterocycles. The molecule has 2 rings (SSSR count). The molecular formula is C12H18N4O. The second-order valence-electron chi connectivity index (χ2n) is 4.48. The predicted molar refractivity (Wildman–Crippen MR) is 64.2 cm³/mol. The number of hydrogen-bond donors (Lipinski definition) is 2. The molecule has 0 radical (unpaired) electrons. The number of aryl methyl sites for hydroxylation is 1. The molecule has 1 aromatic heterocycles. The number of aromatic nitrogens is 2. The molecule has 17 heavy (non-hydrogen) atoms. The number of amides is 1. The summed E-state index contributed by atoms with van der Waals surface area (Å²) >= 11 is 0. The summed E-state index contributed by atoms with van der Waals surface area (Å²) in [7, 11) is 0. The molecule has 1 fully saturated rings. The van der Waals surface area contributed by atoms with Gasteiger partial charge < -0.3 is 10.6 Å². The molecular weight excluding hydrogens is 216 g/mol. The van der Waals surface area contributed by atoms with Crippen LogP contribution in [-0.2, 0) is 11.3 Å². The van der Waals surface area contributed by atoms with E-state index in [9.17, 15) is 4.79 Å². The van der Waals surface area contributed by atoms with Crippen molar-refractivity contribution in [3.05, 3.63) is 23.8 Å². The van der Waals surface area contributed by atoms with Crippen molar-refractivity contribution in [2.45, 2.75) is 45.3 Å². The van der Waals surface area contributed by atoms with Crippen molar-refractivity contribution in [1.29, 1.82) is 0 Å². The van der Waals surface area contributed by atoms with Gasteiger partial charge in [0.25, 0.3) is 0 Å². The summed E-state index contributed by atoms with van der Waals surface area (Å²) in [5, 5.41) is 6.12. The van der Waals surface area contributed by atoms with Crippen LogP contribution in [0, 0.1) is 6.92 Å². The van der Waals surface area contributed by atoms with Crippen molar-refractivity contribution in [3.8, 4) is 0 Å². The van der Waals surface area contributed by atoms with Crippen LogP contribution >= 0.6 is 0 Å². The number of nitrogens with one attached hydrogen (secondary N) is 2. The third-order valence-corrected chi connectivity index (χ3v) is 2.74. The standard InChI is InChI=1S/C12H18N4O/c1-8(12(17)16-10-3-4-10)14-7-11-5-6-13-9(2)15-11/h5-6,8,10,14H,3-4,7H2,1-2H3,(H,16,17). The summed E-state index contributed by atoms with van der Waals surface area (Å²) in [5.74, 6) is 0.817. The zero-order valence-electron chi connectivity index (χ0n) is 10.2. The number of carbonyl (C=O) groups is 1. The average Bonchev–Trinajstić information content (AvgIpc) is 3.10. The fourth-order valence-electron chi connectivity index (χ4n) is 1.51. The van der Waals surface area contributed by atoms with Crippen molar-refractivity contribution in [2.75, 3.05) is 0 Å². The number of rotatable bonds is 5. The fourth-order valence-corrected chi connectivity index (χ4v) is 1.51. The van der Waals surface area contributed by atoms with E-state index in [4.69, 9.17) is 0 Å². The first-order valence-electron chi connectivity index (χ1n) is 5.97. The normalized spacial score (nSPS) is 16.6. The van der Waals surface area contributed by atoms with Crippen LogP contribution < -0.4 is 10.6 Å². The molecule has 0 spiro atoms.